The third-order valence-electron chi connectivity index (χ3n) is 2.31. The van der Waals surface area contributed by atoms with E-state index in [1.807, 2.05) is 36.6 Å². The van der Waals surface area contributed by atoms with E-state index in [1.165, 1.54) is 0 Å². The normalized spacial score (nSPS) is 12.6. The zero-order chi connectivity index (χ0) is 11.5. The number of benzene rings is 1. The number of carbonyl (C=O) groups is 1. The van der Waals surface area contributed by atoms with Crippen molar-refractivity contribution in [2.24, 2.45) is 5.73 Å². The fraction of sp³-hybridized carbons (Fsp3) is 0.250. The van der Waals surface area contributed by atoms with Crippen LogP contribution in [0.15, 0.2) is 29.6 Å². The van der Waals surface area contributed by atoms with Crippen LogP contribution in [0.1, 0.15) is 17.3 Å². The maximum absolute atomic E-state index is 11.9. The van der Waals surface area contributed by atoms with Crippen LogP contribution in [0.25, 0.3) is 10.1 Å². The molecular weight excluding hydrogens is 220 g/mol. The van der Waals surface area contributed by atoms with Crippen LogP contribution in [0.2, 0.25) is 0 Å². The Morgan fingerprint density at radius 3 is 3.00 bits per heavy atom. The van der Waals surface area contributed by atoms with Gasteiger partial charge in [-0.2, -0.15) is 0 Å². The monoisotopic (exact) mass is 234 g/mol. The number of nitrogens with two attached hydrogens (primary N) is 1. The molecule has 0 aliphatic carbocycles. The second-order valence-corrected chi connectivity index (χ2v) is 4.74. The Hall–Kier alpha value is -1.39. The van der Waals surface area contributed by atoms with Crippen LogP contribution in [0, 0.1) is 0 Å². The van der Waals surface area contributed by atoms with Crippen LogP contribution in [-0.2, 0) is 0 Å². The summed E-state index contributed by atoms with van der Waals surface area (Å²) in [6, 6.07) is 7.88. The number of fused-ring (bicyclic) bond motifs is 1. The van der Waals surface area contributed by atoms with Crippen molar-refractivity contribution in [1.82, 2.24) is 5.32 Å². The van der Waals surface area contributed by atoms with Crippen molar-refractivity contribution in [1.29, 1.82) is 0 Å². The molecule has 1 unspecified atom stereocenters. The summed E-state index contributed by atoms with van der Waals surface area (Å²) < 4.78 is 1.13. The molecule has 1 amide bonds. The highest BCUT2D eigenvalue weighted by Gasteiger charge is 2.11. The van der Waals surface area contributed by atoms with Gasteiger partial charge in [0.25, 0.3) is 5.91 Å². The number of hydrogen-bond donors (Lipinski definition) is 2. The molecule has 1 aromatic heterocycles. The molecule has 1 atom stereocenters. The second kappa shape index (κ2) is 4.63. The van der Waals surface area contributed by atoms with E-state index in [1.54, 1.807) is 11.3 Å². The summed E-state index contributed by atoms with van der Waals surface area (Å²) in [6.07, 6.45) is 0. The minimum Gasteiger partial charge on any atom is -0.350 e. The van der Waals surface area contributed by atoms with Crippen LogP contribution < -0.4 is 11.1 Å². The summed E-state index contributed by atoms with van der Waals surface area (Å²) in [4.78, 5) is 11.9. The molecule has 84 valence electrons. The van der Waals surface area contributed by atoms with Crippen molar-refractivity contribution in [3.05, 3.63) is 35.2 Å². The van der Waals surface area contributed by atoms with Crippen molar-refractivity contribution < 1.29 is 4.79 Å². The number of hydrogen-bond acceptors (Lipinski definition) is 3. The Kier molecular flexibility index (Phi) is 3.22. The Labute approximate surface area is 98.3 Å². The third-order valence-corrected chi connectivity index (χ3v) is 3.27. The van der Waals surface area contributed by atoms with Gasteiger partial charge in [-0.1, -0.05) is 18.2 Å². The molecule has 0 aliphatic rings. The van der Waals surface area contributed by atoms with Gasteiger partial charge < -0.3 is 11.1 Å². The third kappa shape index (κ3) is 2.23. The quantitative estimate of drug-likeness (QED) is 0.853. The molecule has 4 heteroatoms. The lowest BCUT2D eigenvalue weighted by Crippen LogP contribution is -2.35. The molecule has 0 radical (unpaired) electrons. The van der Waals surface area contributed by atoms with Crippen molar-refractivity contribution in [2.45, 2.75) is 13.0 Å². The van der Waals surface area contributed by atoms with Gasteiger partial charge in [-0.25, -0.2) is 0 Å². The Bertz CT molecular complexity index is 504. The van der Waals surface area contributed by atoms with Crippen LogP contribution in [0.5, 0.6) is 0 Å². The predicted molar refractivity (Wildman–Crippen MR) is 67.8 cm³/mol. The standard InChI is InChI=1S/C12H14N2OS/c1-8(13)6-14-12(15)10-7-16-11-5-3-2-4-9(10)11/h2-5,7-8H,6,13H2,1H3,(H,14,15). The number of thiophene rings is 1. The van der Waals surface area contributed by atoms with E-state index in [2.05, 4.69) is 5.32 Å². The van der Waals surface area contributed by atoms with E-state index in [0.29, 0.717) is 6.54 Å². The maximum atomic E-state index is 11.9. The molecule has 0 saturated heterocycles. The molecule has 0 saturated carbocycles. The topological polar surface area (TPSA) is 55.1 Å². The summed E-state index contributed by atoms with van der Waals surface area (Å²) in [5.41, 5.74) is 6.33. The minimum atomic E-state index is -0.0465. The van der Waals surface area contributed by atoms with Gasteiger partial charge in [-0.05, 0) is 13.0 Å². The number of nitrogens with one attached hydrogen (secondary N) is 1. The first-order valence-corrected chi connectivity index (χ1v) is 6.06. The lowest BCUT2D eigenvalue weighted by Gasteiger charge is -2.06. The summed E-state index contributed by atoms with van der Waals surface area (Å²) in [5, 5.41) is 5.72. The highest BCUT2D eigenvalue weighted by molar-refractivity contribution is 7.17. The first kappa shape index (κ1) is 11.1. The van der Waals surface area contributed by atoms with E-state index in [0.717, 1.165) is 15.6 Å². The van der Waals surface area contributed by atoms with Gasteiger partial charge >= 0.3 is 0 Å². The summed E-state index contributed by atoms with van der Waals surface area (Å²) in [7, 11) is 0. The first-order chi connectivity index (χ1) is 7.68. The van der Waals surface area contributed by atoms with Gasteiger partial charge in [-0.15, -0.1) is 11.3 Å². The second-order valence-electron chi connectivity index (χ2n) is 3.83. The molecule has 1 heterocycles. The summed E-state index contributed by atoms with van der Waals surface area (Å²) >= 11 is 1.58. The maximum Gasteiger partial charge on any atom is 0.252 e. The molecule has 2 rings (SSSR count). The fourth-order valence-electron chi connectivity index (χ4n) is 1.50. The largest absolute Gasteiger partial charge is 0.350 e. The average molecular weight is 234 g/mol. The molecule has 1 aromatic carbocycles. The molecule has 0 spiro atoms. The zero-order valence-electron chi connectivity index (χ0n) is 9.07. The van der Waals surface area contributed by atoms with E-state index in [9.17, 15) is 4.79 Å². The summed E-state index contributed by atoms with van der Waals surface area (Å²) in [5.74, 6) is -0.0465. The highest BCUT2D eigenvalue weighted by atomic mass is 32.1. The van der Waals surface area contributed by atoms with Crippen molar-refractivity contribution in [3.63, 3.8) is 0 Å². The molecule has 16 heavy (non-hydrogen) atoms. The van der Waals surface area contributed by atoms with Crippen molar-refractivity contribution in [2.75, 3.05) is 6.54 Å². The molecule has 3 nitrogen and oxygen atoms in total. The number of carbonyl (C=O) groups excluding carboxylic acids is 1. The SMILES string of the molecule is CC(N)CNC(=O)c1csc2ccccc12. The van der Waals surface area contributed by atoms with Gasteiger partial charge in [0.1, 0.15) is 0 Å². The van der Waals surface area contributed by atoms with E-state index < -0.39 is 0 Å². The van der Waals surface area contributed by atoms with E-state index in [-0.39, 0.29) is 11.9 Å². The van der Waals surface area contributed by atoms with Crippen LogP contribution in [0.4, 0.5) is 0 Å². The molecular formula is C12H14N2OS. The van der Waals surface area contributed by atoms with Crippen LogP contribution >= 0.6 is 11.3 Å². The molecule has 3 N–H and O–H groups in total. The van der Waals surface area contributed by atoms with Crippen molar-refractivity contribution >= 4 is 27.3 Å². The molecule has 2 aromatic rings. The van der Waals surface area contributed by atoms with Crippen LogP contribution in [0.3, 0.4) is 0 Å². The predicted octanol–water partition coefficient (Wildman–Crippen LogP) is 1.98. The highest BCUT2D eigenvalue weighted by Crippen LogP contribution is 2.25. The molecule has 0 aliphatic heterocycles. The first-order valence-electron chi connectivity index (χ1n) is 5.18. The number of amides is 1. The van der Waals surface area contributed by atoms with E-state index >= 15 is 0 Å². The lowest BCUT2D eigenvalue weighted by molar-refractivity contribution is 0.0954. The molecule has 0 bridgehead atoms. The lowest BCUT2D eigenvalue weighted by atomic mass is 10.1. The molecule has 0 fully saturated rings. The van der Waals surface area contributed by atoms with Gasteiger partial charge in [0, 0.05) is 28.1 Å². The smallest absolute Gasteiger partial charge is 0.252 e. The Balaban J connectivity index is 2.23. The van der Waals surface area contributed by atoms with Gasteiger partial charge in [-0.3, -0.25) is 4.79 Å². The minimum absolute atomic E-state index is 0.0196. The fourth-order valence-corrected chi connectivity index (χ4v) is 2.44. The zero-order valence-corrected chi connectivity index (χ0v) is 9.88. The van der Waals surface area contributed by atoms with Gasteiger partial charge in [0.2, 0.25) is 0 Å². The Morgan fingerprint density at radius 2 is 2.25 bits per heavy atom. The van der Waals surface area contributed by atoms with Crippen molar-refractivity contribution in [3.8, 4) is 0 Å². The number of rotatable bonds is 3. The van der Waals surface area contributed by atoms with E-state index in [4.69, 9.17) is 5.73 Å². The van der Waals surface area contributed by atoms with Gasteiger partial charge in [0.05, 0.1) is 5.56 Å². The van der Waals surface area contributed by atoms with Crippen LogP contribution in [-0.4, -0.2) is 18.5 Å². The van der Waals surface area contributed by atoms with Gasteiger partial charge in [0.15, 0.2) is 0 Å². The average Bonchev–Trinajstić information content (AvgIpc) is 2.69. The summed E-state index contributed by atoms with van der Waals surface area (Å²) in [6.45, 7) is 2.37. The Morgan fingerprint density at radius 1 is 1.50 bits per heavy atom.